The van der Waals surface area contributed by atoms with E-state index in [0.29, 0.717) is 33.7 Å². The van der Waals surface area contributed by atoms with Gasteiger partial charge in [-0.15, -0.1) is 0 Å². The number of fused-ring (bicyclic) bond motifs is 1. The normalized spacial score (nSPS) is 12.0. The number of pyridine rings is 1. The molecule has 0 amide bonds. The van der Waals surface area contributed by atoms with Gasteiger partial charge in [0.05, 0.1) is 35.0 Å². The molecule has 0 spiro atoms. The molecule has 1 atom stereocenters. The van der Waals surface area contributed by atoms with E-state index in [2.05, 4.69) is 20.3 Å². The van der Waals surface area contributed by atoms with Crippen molar-refractivity contribution in [3.05, 3.63) is 81.8 Å². The zero-order valence-corrected chi connectivity index (χ0v) is 17.8. The van der Waals surface area contributed by atoms with Gasteiger partial charge in [0.1, 0.15) is 11.4 Å². The van der Waals surface area contributed by atoms with E-state index in [9.17, 15) is 14.7 Å². The molecule has 8 nitrogen and oxygen atoms in total. The number of aliphatic hydroxyl groups excluding tert-OH is 1. The number of aliphatic hydroxyl groups is 1. The minimum atomic E-state index is -0.742. The van der Waals surface area contributed by atoms with Crippen LogP contribution < -0.4 is 10.9 Å². The van der Waals surface area contributed by atoms with Crippen LogP contribution in [0, 0.1) is 6.92 Å². The number of carbonyl (C=O) groups is 1. The maximum absolute atomic E-state index is 12.7. The lowest BCUT2D eigenvalue weighted by Crippen LogP contribution is -2.17. The second-order valence-electron chi connectivity index (χ2n) is 7.40. The molecule has 2 heterocycles. The average molecular weight is 432 g/mol. The topological polar surface area (TPSA) is 120 Å². The largest absolute Gasteiger partial charge is 0.462 e. The highest BCUT2D eigenvalue weighted by Gasteiger charge is 2.18. The maximum atomic E-state index is 12.7. The Balaban J connectivity index is 1.68. The van der Waals surface area contributed by atoms with E-state index in [1.165, 1.54) is 6.20 Å². The van der Waals surface area contributed by atoms with Crippen molar-refractivity contribution in [1.82, 2.24) is 15.0 Å². The molecule has 32 heavy (non-hydrogen) atoms. The van der Waals surface area contributed by atoms with Crippen LogP contribution in [0.2, 0.25) is 0 Å². The van der Waals surface area contributed by atoms with Gasteiger partial charge in [0.25, 0.3) is 5.56 Å². The smallest absolute Gasteiger partial charge is 0.338 e. The lowest BCUT2D eigenvalue weighted by molar-refractivity contribution is 0.0526. The molecule has 4 aromatic rings. The fraction of sp³-hybridized carbons (Fsp3) is 0.208. The number of esters is 1. The Labute approximate surface area is 184 Å². The van der Waals surface area contributed by atoms with Crippen molar-refractivity contribution < 1.29 is 14.6 Å². The number of hydrogen-bond donors (Lipinski definition) is 4. The molecule has 4 rings (SSSR count). The Hall–Kier alpha value is -3.91. The Bertz CT molecular complexity index is 1310. The molecule has 2 aromatic carbocycles. The van der Waals surface area contributed by atoms with E-state index < -0.39 is 12.1 Å². The fourth-order valence-electron chi connectivity index (χ4n) is 3.60. The molecule has 0 fully saturated rings. The van der Waals surface area contributed by atoms with E-state index in [4.69, 9.17) is 4.74 Å². The number of aryl methyl sites for hydroxylation is 1. The SMILES string of the molecule is CCOC(=O)c1cc(C)c2nc(-c3c(NC[C@@H](O)c4ccccc4)cc[nH]c3=O)[nH]c2c1. The molecule has 0 saturated heterocycles. The number of hydrogen-bond acceptors (Lipinski definition) is 6. The zero-order chi connectivity index (χ0) is 22.7. The predicted molar refractivity (Wildman–Crippen MR) is 123 cm³/mol. The predicted octanol–water partition coefficient (Wildman–Crippen LogP) is 3.55. The van der Waals surface area contributed by atoms with Crippen LogP contribution in [0.4, 0.5) is 5.69 Å². The van der Waals surface area contributed by atoms with Crippen molar-refractivity contribution in [2.75, 3.05) is 18.5 Å². The number of nitrogens with one attached hydrogen (secondary N) is 3. The summed E-state index contributed by atoms with van der Waals surface area (Å²) in [4.78, 5) is 35.3. The van der Waals surface area contributed by atoms with Gasteiger partial charge in [-0.2, -0.15) is 0 Å². The summed E-state index contributed by atoms with van der Waals surface area (Å²) in [5.74, 6) is -0.0499. The van der Waals surface area contributed by atoms with Crippen LogP contribution in [0.15, 0.2) is 59.5 Å². The van der Waals surface area contributed by atoms with Gasteiger partial charge in [-0.1, -0.05) is 30.3 Å². The number of imidazole rings is 1. The molecule has 8 heteroatoms. The first-order chi connectivity index (χ1) is 15.5. The van der Waals surface area contributed by atoms with E-state index >= 15 is 0 Å². The van der Waals surface area contributed by atoms with E-state index in [1.807, 2.05) is 37.3 Å². The van der Waals surface area contributed by atoms with Crippen molar-refractivity contribution >= 4 is 22.7 Å². The van der Waals surface area contributed by atoms with Crippen molar-refractivity contribution in [3.8, 4) is 11.4 Å². The third-order valence-electron chi connectivity index (χ3n) is 5.16. The Morgan fingerprint density at radius 3 is 2.75 bits per heavy atom. The third kappa shape index (κ3) is 4.26. The molecule has 4 N–H and O–H groups in total. The summed E-state index contributed by atoms with van der Waals surface area (Å²) >= 11 is 0. The molecule has 0 unspecified atom stereocenters. The summed E-state index contributed by atoms with van der Waals surface area (Å²) in [5, 5.41) is 13.6. The second-order valence-corrected chi connectivity index (χ2v) is 7.40. The van der Waals surface area contributed by atoms with Gasteiger partial charge in [0.2, 0.25) is 0 Å². The summed E-state index contributed by atoms with van der Waals surface area (Å²) in [7, 11) is 0. The van der Waals surface area contributed by atoms with Crippen LogP contribution in [-0.4, -0.2) is 39.2 Å². The Kier molecular flexibility index (Phi) is 6.04. The molecular weight excluding hydrogens is 408 g/mol. The van der Waals surface area contributed by atoms with Crippen molar-refractivity contribution in [1.29, 1.82) is 0 Å². The molecule has 0 bridgehead atoms. The number of rotatable bonds is 7. The number of benzene rings is 2. The number of aromatic amines is 2. The third-order valence-corrected chi connectivity index (χ3v) is 5.16. The second kappa shape index (κ2) is 9.07. The van der Waals surface area contributed by atoms with Gasteiger partial charge in [0.15, 0.2) is 0 Å². The molecule has 2 aromatic heterocycles. The highest BCUT2D eigenvalue weighted by Crippen LogP contribution is 2.27. The summed E-state index contributed by atoms with van der Waals surface area (Å²) in [6.07, 6.45) is 0.795. The monoisotopic (exact) mass is 432 g/mol. The summed E-state index contributed by atoms with van der Waals surface area (Å²) < 4.78 is 5.09. The van der Waals surface area contributed by atoms with E-state index in [1.54, 1.807) is 25.1 Å². The fourth-order valence-corrected chi connectivity index (χ4v) is 3.60. The van der Waals surface area contributed by atoms with E-state index in [0.717, 1.165) is 11.1 Å². The quantitative estimate of drug-likeness (QED) is 0.332. The molecule has 0 aliphatic rings. The molecule has 164 valence electrons. The number of carbonyl (C=O) groups excluding carboxylic acids is 1. The maximum Gasteiger partial charge on any atom is 0.338 e. The number of H-pyrrole nitrogens is 2. The van der Waals surface area contributed by atoms with Crippen LogP contribution in [-0.2, 0) is 4.74 Å². The number of nitrogens with zero attached hydrogens (tertiary/aromatic N) is 1. The first-order valence-corrected chi connectivity index (χ1v) is 10.3. The number of anilines is 1. The lowest BCUT2D eigenvalue weighted by Gasteiger charge is -2.14. The molecule has 0 saturated carbocycles. The van der Waals surface area contributed by atoms with Gasteiger partial charge in [-0.05, 0) is 43.2 Å². The van der Waals surface area contributed by atoms with Crippen molar-refractivity contribution in [2.45, 2.75) is 20.0 Å². The van der Waals surface area contributed by atoms with Crippen LogP contribution in [0.1, 0.15) is 34.5 Å². The molecule has 0 aliphatic heterocycles. The van der Waals surface area contributed by atoms with Gasteiger partial charge in [0, 0.05) is 12.7 Å². The van der Waals surface area contributed by atoms with E-state index in [-0.39, 0.29) is 18.7 Å². The number of ether oxygens (including phenoxy) is 1. The first-order valence-electron chi connectivity index (χ1n) is 10.3. The Morgan fingerprint density at radius 1 is 1.22 bits per heavy atom. The number of aromatic nitrogens is 3. The zero-order valence-electron chi connectivity index (χ0n) is 17.8. The van der Waals surface area contributed by atoms with Crippen LogP contribution in [0.25, 0.3) is 22.4 Å². The summed E-state index contributed by atoms with van der Waals surface area (Å²) in [5.41, 5.74) is 3.79. The van der Waals surface area contributed by atoms with Crippen LogP contribution >= 0.6 is 0 Å². The highest BCUT2D eigenvalue weighted by molar-refractivity contribution is 5.95. The minimum Gasteiger partial charge on any atom is -0.462 e. The summed E-state index contributed by atoms with van der Waals surface area (Å²) in [6, 6.07) is 14.4. The van der Waals surface area contributed by atoms with Gasteiger partial charge in [-0.25, -0.2) is 9.78 Å². The minimum absolute atomic E-state index is 0.215. The molecular formula is C24H24N4O4. The van der Waals surface area contributed by atoms with Gasteiger partial charge >= 0.3 is 5.97 Å². The van der Waals surface area contributed by atoms with Gasteiger partial charge in [-0.3, -0.25) is 4.79 Å². The van der Waals surface area contributed by atoms with Crippen molar-refractivity contribution in [3.63, 3.8) is 0 Å². The Morgan fingerprint density at radius 2 is 2.00 bits per heavy atom. The van der Waals surface area contributed by atoms with Crippen molar-refractivity contribution in [2.24, 2.45) is 0 Å². The van der Waals surface area contributed by atoms with Crippen LogP contribution in [0.3, 0.4) is 0 Å². The van der Waals surface area contributed by atoms with Crippen LogP contribution in [0.5, 0.6) is 0 Å². The first kappa shape index (κ1) is 21.3. The average Bonchev–Trinajstić information content (AvgIpc) is 3.22. The standard InChI is InChI=1S/C24H24N4O4/c1-3-32-24(31)16-11-14(2)21-18(12-16)27-22(28-21)20-17(9-10-25-23(20)30)26-13-19(29)15-7-5-4-6-8-15/h4-12,19,29H,3,13H2,1-2H3,(H,27,28)(H2,25,26,30)/t19-/m1/s1. The summed E-state index contributed by atoms with van der Waals surface area (Å²) in [6.45, 7) is 4.10. The lowest BCUT2D eigenvalue weighted by atomic mass is 10.1. The molecule has 0 aliphatic carbocycles. The van der Waals surface area contributed by atoms with Gasteiger partial charge < -0.3 is 25.1 Å². The molecule has 0 radical (unpaired) electrons. The highest BCUT2D eigenvalue weighted by atomic mass is 16.5.